The lowest BCUT2D eigenvalue weighted by atomic mass is 10.2. The first-order valence-corrected chi connectivity index (χ1v) is 11.1. The van der Waals surface area contributed by atoms with Gasteiger partial charge in [0, 0.05) is 12.5 Å². The molecule has 4 rings (SSSR count). The number of thioether (sulfide) groups is 1. The van der Waals surface area contributed by atoms with Gasteiger partial charge in [0.2, 0.25) is 11.8 Å². The Balaban J connectivity index is 1.48. The van der Waals surface area contributed by atoms with E-state index < -0.39 is 5.25 Å². The van der Waals surface area contributed by atoms with Gasteiger partial charge in [0.05, 0.1) is 18.5 Å². The van der Waals surface area contributed by atoms with Crippen LogP contribution >= 0.6 is 11.8 Å². The maximum atomic E-state index is 13.0. The number of benzene rings is 2. The molecule has 1 saturated heterocycles. The van der Waals surface area contributed by atoms with E-state index in [1.165, 1.54) is 17.3 Å². The van der Waals surface area contributed by atoms with Crippen molar-refractivity contribution >= 4 is 40.1 Å². The third-order valence-electron chi connectivity index (χ3n) is 5.20. The Labute approximate surface area is 180 Å². The van der Waals surface area contributed by atoms with Crippen molar-refractivity contribution in [1.82, 2.24) is 4.90 Å². The quantitative estimate of drug-likeness (QED) is 0.717. The normalized spacial score (nSPS) is 19.9. The van der Waals surface area contributed by atoms with E-state index in [0.717, 1.165) is 24.9 Å². The Kier molecular flexibility index (Phi) is 6.08. The SMILES string of the molecule is CCc1ccc(N=C2S[C@@H](CC(=O)Nc3ccccc3OC)C(=O)N2C2CC2)cc1. The Morgan fingerprint density at radius 3 is 2.60 bits per heavy atom. The van der Waals surface area contributed by atoms with Gasteiger partial charge >= 0.3 is 0 Å². The lowest BCUT2D eigenvalue weighted by Gasteiger charge is -2.15. The molecular weight excluding hydrogens is 398 g/mol. The highest BCUT2D eigenvalue weighted by atomic mass is 32.2. The van der Waals surface area contributed by atoms with E-state index in [0.29, 0.717) is 16.6 Å². The molecule has 0 bridgehead atoms. The molecule has 1 aliphatic carbocycles. The molecule has 2 aromatic carbocycles. The van der Waals surface area contributed by atoms with Gasteiger partial charge in [-0.05, 0) is 49.1 Å². The molecule has 2 fully saturated rings. The number of para-hydroxylation sites is 2. The van der Waals surface area contributed by atoms with Crippen LogP contribution in [0.5, 0.6) is 5.75 Å². The van der Waals surface area contributed by atoms with Crippen LogP contribution < -0.4 is 10.1 Å². The zero-order chi connectivity index (χ0) is 21.1. The van der Waals surface area contributed by atoms with E-state index in [2.05, 4.69) is 24.4 Å². The van der Waals surface area contributed by atoms with Crippen LogP contribution in [0, 0.1) is 0 Å². The maximum absolute atomic E-state index is 13.0. The number of hydrogen-bond acceptors (Lipinski definition) is 5. The van der Waals surface area contributed by atoms with Crippen LogP contribution in [0.2, 0.25) is 0 Å². The third-order valence-corrected chi connectivity index (χ3v) is 6.35. The van der Waals surface area contributed by atoms with Crippen molar-refractivity contribution in [2.45, 2.75) is 43.9 Å². The minimum atomic E-state index is -0.464. The van der Waals surface area contributed by atoms with E-state index in [1.54, 1.807) is 24.1 Å². The van der Waals surface area contributed by atoms with Crippen molar-refractivity contribution in [2.75, 3.05) is 12.4 Å². The summed E-state index contributed by atoms with van der Waals surface area (Å²) in [5.41, 5.74) is 2.68. The van der Waals surface area contributed by atoms with Crippen LogP contribution in [-0.4, -0.2) is 40.3 Å². The lowest BCUT2D eigenvalue weighted by Crippen LogP contribution is -2.35. The summed E-state index contributed by atoms with van der Waals surface area (Å²) in [6, 6.07) is 15.5. The topological polar surface area (TPSA) is 71.0 Å². The fourth-order valence-electron chi connectivity index (χ4n) is 3.40. The summed E-state index contributed by atoms with van der Waals surface area (Å²) in [5, 5.41) is 3.09. The van der Waals surface area contributed by atoms with Crippen molar-refractivity contribution in [3.63, 3.8) is 0 Å². The van der Waals surface area contributed by atoms with Crippen molar-refractivity contribution in [1.29, 1.82) is 0 Å². The second kappa shape index (κ2) is 8.92. The van der Waals surface area contributed by atoms with Gasteiger partial charge in [0.15, 0.2) is 5.17 Å². The molecule has 0 spiro atoms. The number of anilines is 1. The van der Waals surface area contributed by atoms with Crippen molar-refractivity contribution in [3.8, 4) is 5.75 Å². The predicted molar refractivity (Wildman–Crippen MR) is 120 cm³/mol. The van der Waals surface area contributed by atoms with Crippen molar-refractivity contribution < 1.29 is 14.3 Å². The van der Waals surface area contributed by atoms with Gasteiger partial charge in [-0.3, -0.25) is 14.5 Å². The number of carbonyl (C=O) groups is 2. The summed E-state index contributed by atoms with van der Waals surface area (Å²) in [5.74, 6) is 0.352. The second-order valence-electron chi connectivity index (χ2n) is 7.41. The summed E-state index contributed by atoms with van der Waals surface area (Å²) >= 11 is 1.38. The summed E-state index contributed by atoms with van der Waals surface area (Å²) < 4.78 is 5.28. The number of hydrogen-bond donors (Lipinski definition) is 1. The van der Waals surface area contributed by atoms with Crippen LogP contribution in [0.4, 0.5) is 11.4 Å². The van der Waals surface area contributed by atoms with Gasteiger partial charge < -0.3 is 10.1 Å². The van der Waals surface area contributed by atoms with Gasteiger partial charge in [-0.25, -0.2) is 4.99 Å². The highest BCUT2D eigenvalue weighted by molar-refractivity contribution is 8.15. The van der Waals surface area contributed by atoms with Gasteiger partial charge in [-0.15, -0.1) is 0 Å². The van der Waals surface area contributed by atoms with Crippen molar-refractivity contribution in [2.24, 2.45) is 4.99 Å². The zero-order valence-corrected chi connectivity index (χ0v) is 17.9. The predicted octanol–water partition coefficient (Wildman–Crippen LogP) is 4.38. The minimum absolute atomic E-state index is 0.0263. The summed E-state index contributed by atoms with van der Waals surface area (Å²) in [6.07, 6.45) is 3.04. The summed E-state index contributed by atoms with van der Waals surface area (Å²) in [7, 11) is 1.56. The van der Waals surface area contributed by atoms with Gasteiger partial charge in [0.1, 0.15) is 11.0 Å². The van der Waals surface area contributed by atoms with Crippen LogP contribution in [0.15, 0.2) is 53.5 Å². The molecule has 1 heterocycles. The van der Waals surface area contributed by atoms with Crippen molar-refractivity contribution in [3.05, 3.63) is 54.1 Å². The Bertz CT molecular complexity index is 970. The van der Waals surface area contributed by atoms with E-state index >= 15 is 0 Å². The molecular formula is C23H25N3O3S. The van der Waals surface area contributed by atoms with Crippen LogP contribution in [-0.2, 0) is 16.0 Å². The smallest absolute Gasteiger partial charge is 0.242 e. The maximum Gasteiger partial charge on any atom is 0.242 e. The number of amides is 2. The standard InChI is InChI=1S/C23H25N3O3S/c1-3-15-8-10-16(11-9-15)24-23-26(17-12-13-17)22(28)20(30-23)14-21(27)25-18-6-4-5-7-19(18)29-2/h4-11,17,20H,3,12-14H2,1-2H3,(H,25,27)/t20-/m0/s1. The molecule has 2 aromatic rings. The Morgan fingerprint density at radius 2 is 1.93 bits per heavy atom. The Morgan fingerprint density at radius 1 is 1.20 bits per heavy atom. The number of amidine groups is 1. The molecule has 2 aliphatic rings. The minimum Gasteiger partial charge on any atom is -0.495 e. The molecule has 0 unspecified atom stereocenters. The van der Waals surface area contributed by atoms with Gasteiger partial charge in [-0.1, -0.05) is 43.0 Å². The largest absolute Gasteiger partial charge is 0.495 e. The number of ether oxygens (including phenoxy) is 1. The molecule has 0 radical (unpaired) electrons. The number of nitrogens with zero attached hydrogens (tertiary/aromatic N) is 2. The first-order valence-electron chi connectivity index (χ1n) is 10.2. The molecule has 1 saturated carbocycles. The second-order valence-corrected chi connectivity index (χ2v) is 8.58. The highest BCUT2D eigenvalue weighted by Crippen LogP contribution is 2.39. The molecule has 30 heavy (non-hydrogen) atoms. The molecule has 1 atom stereocenters. The molecule has 7 heteroatoms. The molecule has 156 valence electrons. The summed E-state index contributed by atoms with van der Waals surface area (Å²) in [6.45, 7) is 2.11. The number of nitrogens with one attached hydrogen (secondary N) is 1. The summed E-state index contributed by atoms with van der Waals surface area (Å²) in [4.78, 5) is 32.2. The first-order chi connectivity index (χ1) is 14.6. The number of aryl methyl sites for hydroxylation is 1. The van der Waals surface area contributed by atoms with E-state index in [1.807, 2.05) is 24.3 Å². The zero-order valence-electron chi connectivity index (χ0n) is 17.1. The fraction of sp³-hybridized carbons (Fsp3) is 0.348. The number of aliphatic imine (C=N–C) groups is 1. The fourth-order valence-corrected chi connectivity index (χ4v) is 4.61. The molecule has 1 aliphatic heterocycles. The Hall–Kier alpha value is -2.80. The molecule has 6 nitrogen and oxygen atoms in total. The highest BCUT2D eigenvalue weighted by Gasteiger charge is 2.46. The number of carbonyl (C=O) groups excluding carboxylic acids is 2. The van der Waals surface area contributed by atoms with Crippen LogP contribution in [0.1, 0.15) is 31.7 Å². The number of methoxy groups -OCH3 is 1. The van der Waals surface area contributed by atoms with Gasteiger partial charge in [-0.2, -0.15) is 0 Å². The van der Waals surface area contributed by atoms with Crippen LogP contribution in [0.3, 0.4) is 0 Å². The van der Waals surface area contributed by atoms with E-state index in [4.69, 9.17) is 9.73 Å². The van der Waals surface area contributed by atoms with E-state index in [-0.39, 0.29) is 24.3 Å². The molecule has 1 N–H and O–H groups in total. The third kappa shape index (κ3) is 4.51. The first kappa shape index (κ1) is 20.5. The average Bonchev–Trinajstić information content (AvgIpc) is 3.54. The lowest BCUT2D eigenvalue weighted by molar-refractivity contribution is -0.128. The van der Waals surface area contributed by atoms with Crippen LogP contribution in [0.25, 0.3) is 0 Å². The van der Waals surface area contributed by atoms with E-state index in [9.17, 15) is 9.59 Å². The monoisotopic (exact) mass is 423 g/mol. The van der Waals surface area contributed by atoms with Gasteiger partial charge in [0.25, 0.3) is 0 Å². The molecule has 2 amide bonds. The molecule has 0 aromatic heterocycles. The average molecular weight is 424 g/mol. The number of rotatable bonds is 7.